The van der Waals surface area contributed by atoms with Gasteiger partial charge in [-0.3, -0.25) is 4.40 Å². The topological polar surface area (TPSA) is 58.4 Å². The van der Waals surface area contributed by atoms with Crippen molar-refractivity contribution in [2.24, 2.45) is 5.92 Å². The second-order valence-electron chi connectivity index (χ2n) is 5.45. The van der Waals surface area contributed by atoms with E-state index in [-0.39, 0.29) is 0 Å². The van der Waals surface area contributed by atoms with Gasteiger partial charge in [-0.1, -0.05) is 6.92 Å². The van der Waals surface area contributed by atoms with Gasteiger partial charge in [-0.15, -0.1) is 10.2 Å². The van der Waals surface area contributed by atoms with Crippen LogP contribution in [-0.4, -0.2) is 45.8 Å². The zero-order valence-electron chi connectivity index (χ0n) is 12.0. The summed E-state index contributed by atoms with van der Waals surface area (Å²) in [6.07, 6.45) is 9.07. The molecule has 0 bridgehead atoms. The molecule has 0 aromatic carbocycles. The number of rotatable bonds is 5. The second-order valence-corrected chi connectivity index (χ2v) is 5.45. The van der Waals surface area contributed by atoms with Crippen LogP contribution in [0.2, 0.25) is 0 Å². The van der Waals surface area contributed by atoms with Crippen LogP contribution in [0.15, 0.2) is 18.7 Å². The number of anilines is 1. The molecule has 1 aliphatic rings. The van der Waals surface area contributed by atoms with Crippen LogP contribution in [0.5, 0.6) is 0 Å². The predicted octanol–water partition coefficient (Wildman–Crippen LogP) is 1.34. The SMILES string of the molecule is CCCNCC1CCN(c2nccn3cnnc23)CC1. The summed E-state index contributed by atoms with van der Waals surface area (Å²) in [5.74, 6) is 1.75. The normalized spacial score (nSPS) is 16.9. The predicted molar refractivity (Wildman–Crippen MR) is 78.9 cm³/mol. The Bertz CT molecular complexity index is 543. The van der Waals surface area contributed by atoms with Crippen molar-refractivity contribution in [3.63, 3.8) is 0 Å². The molecule has 0 amide bonds. The van der Waals surface area contributed by atoms with E-state index in [2.05, 4.69) is 32.3 Å². The minimum Gasteiger partial charge on any atom is -0.353 e. The molecule has 0 atom stereocenters. The van der Waals surface area contributed by atoms with Gasteiger partial charge in [-0.25, -0.2) is 4.98 Å². The van der Waals surface area contributed by atoms with E-state index in [4.69, 9.17) is 0 Å². The fourth-order valence-electron chi connectivity index (χ4n) is 2.80. The van der Waals surface area contributed by atoms with Gasteiger partial charge in [-0.2, -0.15) is 0 Å². The highest BCUT2D eigenvalue weighted by atomic mass is 15.3. The van der Waals surface area contributed by atoms with Crippen LogP contribution in [0, 0.1) is 5.92 Å². The molecule has 6 heteroatoms. The van der Waals surface area contributed by atoms with E-state index in [1.807, 2.05) is 16.8 Å². The summed E-state index contributed by atoms with van der Waals surface area (Å²) in [6.45, 7) is 6.58. The summed E-state index contributed by atoms with van der Waals surface area (Å²) in [5.41, 5.74) is 0.857. The highest BCUT2D eigenvalue weighted by molar-refractivity contribution is 5.63. The van der Waals surface area contributed by atoms with Crippen molar-refractivity contribution in [3.05, 3.63) is 18.7 Å². The molecule has 0 spiro atoms. The average Bonchev–Trinajstić information content (AvgIpc) is 2.97. The van der Waals surface area contributed by atoms with E-state index in [9.17, 15) is 0 Å². The third kappa shape index (κ3) is 2.75. The standard InChI is InChI=1S/C14H22N6/c1-2-5-15-10-12-3-7-19(8-4-12)13-14-18-17-11-20(14)9-6-16-13/h6,9,11-12,15H,2-5,7-8,10H2,1H3. The van der Waals surface area contributed by atoms with Crippen LogP contribution in [0.25, 0.3) is 5.65 Å². The zero-order chi connectivity index (χ0) is 13.8. The monoisotopic (exact) mass is 274 g/mol. The molecular formula is C14H22N6. The highest BCUT2D eigenvalue weighted by Gasteiger charge is 2.21. The van der Waals surface area contributed by atoms with Gasteiger partial charge in [0.05, 0.1) is 0 Å². The van der Waals surface area contributed by atoms with Crippen molar-refractivity contribution in [1.29, 1.82) is 0 Å². The van der Waals surface area contributed by atoms with E-state index >= 15 is 0 Å². The Morgan fingerprint density at radius 2 is 2.20 bits per heavy atom. The third-order valence-corrected chi connectivity index (χ3v) is 3.97. The Labute approximate surface area is 119 Å². The number of nitrogens with zero attached hydrogens (tertiary/aromatic N) is 5. The molecule has 1 N–H and O–H groups in total. The van der Waals surface area contributed by atoms with E-state index in [1.165, 1.54) is 19.3 Å². The average molecular weight is 274 g/mol. The summed E-state index contributed by atoms with van der Waals surface area (Å²) in [7, 11) is 0. The van der Waals surface area contributed by atoms with E-state index in [1.54, 1.807) is 6.33 Å². The van der Waals surface area contributed by atoms with Gasteiger partial charge in [0.25, 0.3) is 0 Å². The van der Waals surface area contributed by atoms with E-state index in [0.717, 1.165) is 43.6 Å². The zero-order valence-corrected chi connectivity index (χ0v) is 12.0. The quantitative estimate of drug-likeness (QED) is 0.834. The molecule has 2 aromatic heterocycles. The maximum Gasteiger partial charge on any atom is 0.203 e. The van der Waals surface area contributed by atoms with E-state index < -0.39 is 0 Å². The van der Waals surface area contributed by atoms with Crippen molar-refractivity contribution >= 4 is 11.5 Å². The summed E-state index contributed by atoms with van der Waals surface area (Å²) < 4.78 is 1.93. The number of piperidine rings is 1. The lowest BCUT2D eigenvalue weighted by Gasteiger charge is -2.32. The largest absolute Gasteiger partial charge is 0.353 e. The molecular weight excluding hydrogens is 252 g/mol. The van der Waals surface area contributed by atoms with Crippen LogP contribution >= 0.6 is 0 Å². The molecule has 0 radical (unpaired) electrons. The minimum atomic E-state index is 0.787. The lowest BCUT2D eigenvalue weighted by atomic mass is 9.97. The van der Waals surface area contributed by atoms with E-state index in [0.29, 0.717) is 0 Å². The molecule has 108 valence electrons. The molecule has 1 aliphatic heterocycles. The van der Waals surface area contributed by atoms with Crippen molar-refractivity contribution < 1.29 is 0 Å². The molecule has 0 saturated carbocycles. The Morgan fingerprint density at radius 1 is 1.35 bits per heavy atom. The Morgan fingerprint density at radius 3 is 3.00 bits per heavy atom. The number of hydrogen-bond acceptors (Lipinski definition) is 5. The number of hydrogen-bond donors (Lipinski definition) is 1. The maximum atomic E-state index is 4.49. The van der Waals surface area contributed by atoms with Gasteiger partial charge in [0.1, 0.15) is 6.33 Å². The minimum absolute atomic E-state index is 0.787. The maximum absolute atomic E-state index is 4.49. The van der Waals surface area contributed by atoms with Gasteiger partial charge < -0.3 is 10.2 Å². The van der Waals surface area contributed by atoms with Crippen molar-refractivity contribution in [3.8, 4) is 0 Å². The van der Waals surface area contributed by atoms with Gasteiger partial charge in [0, 0.05) is 25.5 Å². The van der Waals surface area contributed by atoms with Crippen molar-refractivity contribution in [2.45, 2.75) is 26.2 Å². The van der Waals surface area contributed by atoms with Crippen molar-refractivity contribution in [2.75, 3.05) is 31.1 Å². The molecule has 3 heterocycles. The summed E-state index contributed by atoms with van der Waals surface area (Å²) in [6, 6.07) is 0. The molecule has 0 aliphatic carbocycles. The fourth-order valence-corrected chi connectivity index (χ4v) is 2.80. The third-order valence-electron chi connectivity index (χ3n) is 3.97. The van der Waals surface area contributed by atoms with Crippen LogP contribution in [0.3, 0.4) is 0 Å². The summed E-state index contributed by atoms with van der Waals surface area (Å²) >= 11 is 0. The van der Waals surface area contributed by atoms with Crippen LogP contribution in [-0.2, 0) is 0 Å². The molecule has 0 unspecified atom stereocenters. The van der Waals surface area contributed by atoms with Crippen LogP contribution < -0.4 is 10.2 Å². The van der Waals surface area contributed by atoms with Crippen LogP contribution in [0.1, 0.15) is 26.2 Å². The first-order valence-electron chi connectivity index (χ1n) is 7.48. The second kappa shape index (κ2) is 6.17. The van der Waals surface area contributed by atoms with Gasteiger partial charge in [0.15, 0.2) is 5.82 Å². The molecule has 1 fully saturated rings. The van der Waals surface area contributed by atoms with Crippen molar-refractivity contribution in [1.82, 2.24) is 24.9 Å². The lowest BCUT2D eigenvalue weighted by Crippen LogP contribution is -2.38. The Balaban J connectivity index is 1.62. The molecule has 20 heavy (non-hydrogen) atoms. The van der Waals surface area contributed by atoms with Crippen LogP contribution in [0.4, 0.5) is 5.82 Å². The lowest BCUT2D eigenvalue weighted by molar-refractivity contribution is 0.382. The Hall–Kier alpha value is -1.69. The number of fused-ring (bicyclic) bond motifs is 1. The fraction of sp³-hybridized carbons (Fsp3) is 0.643. The molecule has 3 rings (SSSR count). The smallest absolute Gasteiger partial charge is 0.203 e. The first-order chi connectivity index (χ1) is 9.88. The molecule has 1 saturated heterocycles. The van der Waals surface area contributed by atoms with Gasteiger partial charge in [0.2, 0.25) is 5.65 Å². The number of nitrogens with one attached hydrogen (secondary N) is 1. The first-order valence-corrected chi connectivity index (χ1v) is 7.48. The summed E-state index contributed by atoms with van der Waals surface area (Å²) in [4.78, 5) is 6.82. The summed E-state index contributed by atoms with van der Waals surface area (Å²) in [5, 5.41) is 11.7. The Kier molecular flexibility index (Phi) is 4.11. The first kappa shape index (κ1) is 13.3. The number of aromatic nitrogens is 4. The highest BCUT2D eigenvalue weighted by Crippen LogP contribution is 2.23. The molecule has 6 nitrogen and oxygen atoms in total. The van der Waals surface area contributed by atoms with Gasteiger partial charge >= 0.3 is 0 Å². The molecule has 2 aromatic rings. The van der Waals surface area contributed by atoms with Gasteiger partial charge in [-0.05, 0) is 38.3 Å².